The van der Waals surface area contributed by atoms with E-state index in [2.05, 4.69) is 25.0 Å². The average Bonchev–Trinajstić information content (AvgIpc) is 3.35. The fourth-order valence-corrected chi connectivity index (χ4v) is 3.81. The highest BCUT2D eigenvalue weighted by Crippen LogP contribution is 2.32. The number of hydrogen-bond donors (Lipinski definition) is 1. The molecule has 0 aromatic carbocycles. The van der Waals surface area contributed by atoms with Crippen LogP contribution >= 0.6 is 0 Å². The SMILES string of the molecule is CCc1c(C)nc2cc(C3CCCN3C(=O)Cc3nonc3C)[nH]n2c1=O. The minimum atomic E-state index is -0.107. The Morgan fingerprint density at radius 1 is 1.33 bits per heavy atom. The first-order chi connectivity index (χ1) is 13.0. The Morgan fingerprint density at radius 2 is 2.15 bits per heavy atom. The number of nitrogens with zero attached hydrogens (tertiary/aromatic N) is 5. The van der Waals surface area contributed by atoms with Gasteiger partial charge < -0.3 is 4.90 Å². The van der Waals surface area contributed by atoms with E-state index in [1.165, 1.54) is 4.52 Å². The van der Waals surface area contributed by atoms with E-state index in [4.69, 9.17) is 0 Å². The molecule has 1 N–H and O–H groups in total. The highest BCUT2D eigenvalue weighted by atomic mass is 16.6. The number of aromatic amines is 1. The molecule has 0 aliphatic carbocycles. The lowest BCUT2D eigenvalue weighted by molar-refractivity contribution is -0.131. The Hall–Kier alpha value is -2.97. The standard InChI is InChI=1S/C18H22N6O3/c1-4-12-10(2)19-16-8-14(20-24(16)18(12)26)15-6-5-7-23(15)17(25)9-13-11(3)21-27-22-13/h8,15,20H,4-7,9H2,1-3H3. The number of fused-ring (bicyclic) bond motifs is 1. The summed E-state index contributed by atoms with van der Waals surface area (Å²) in [6, 6.07) is 1.76. The van der Waals surface area contributed by atoms with Gasteiger partial charge in [0.2, 0.25) is 5.91 Å². The zero-order chi connectivity index (χ0) is 19.1. The number of carbonyl (C=O) groups is 1. The van der Waals surface area contributed by atoms with Crippen LogP contribution in [0.4, 0.5) is 0 Å². The van der Waals surface area contributed by atoms with Crippen LogP contribution in [0.25, 0.3) is 5.65 Å². The second-order valence-electron chi connectivity index (χ2n) is 6.96. The van der Waals surface area contributed by atoms with E-state index in [-0.39, 0.29) is 23.9 Å². The van der Waals surface area contributed by atoms with Gasteiger partial charge in [-0.05, 0) is 33.1 Å². The van der Waals surface area contributed by atoms with Gasteiger partial charge in [-0.3, -0.25) is 14.7 Å². The molecule has 1 atom stereocenters. The lowest BCUT2D eigenvalue weighted by Crippen LogP contribution is -2.32. The minimum Gasteiger partial charge on any atom is -0.334 e. The fraction of sp³-hybridized carbons (Fsp3) is 0.500. The summed E-state index contributed by atoms with van der Waals surface area (Å²) in [6.07, 6.45) is 2.53. The fourth-order valence-electron chi connectivity index (χ4n) is 3.81. The molecule has 9 heteroatoms. The van der Waals surface area contributed by atoms with Crippen LogP contribution in [0.5, 0.6) is 0 Å². The summed E-state index contributed by atoms with van der Waals surface area (Å²) in [5.41, 5.74) is 3.97. The third-order valence-corrected chi connectivity index (χ3v) is 5.29. The van der Waals surface area contributed by atoms with Crippen LogP contribution in [-0.2, 0) is 17.6 Å². The van der Waals surface area contributed by atoms with E-state index in [1.807, 2.05) is 24.8 Å². The van der Waals surface area contributed by atoms with Gasteiger partial charge in [-0.1, -0.05) is 17.2 Å². The van der Waals surface area contributed by atoms with E-state index in [9.17, 15) is 9.59 Å². The van der Waals surface area contributed by atoms with Gasteiger partial charge in [-0.25, -0.2) is 14.1 Å². The first-order valence-corrected chi connectivity index (χ1v) is 9.18. The van der Waals surface area contributed by atoms with Crippen LogP contribution in [0, 0.1) is 13.8 Å². The van der Waals surface area contributed by atoms with E-state index < -0.39 is 0 Å². The van der Waals surface area contributed by atoms with E-state index >= 15 is 0 Å². The zero-order valence-corrected chi connectivity index (χ0v) is 15.7. The third kappa shape index (κ3) is 2.92. The van der Waals surface area contributed by atoms with Gasteiger partial charge in [0.1, 0.15) is 11.4 Å². The summed E-state index contributed by atoms with van der Waals surface area (Å²) in [5.74, 6) is -0.0271. The summed E-state index contributed by atoms with van der Waals surface area (Å²) < 4.78 is 6.16. The molecule has 142 valence electrons. The molecule has 3 aromatic rings. The molecule has 0 spiro atoms. The largest absolute Gasteiger partial charge is 0.334 e. The molecule has 4 heterocycles. The van der Waals surface area contributed by atoms with Crippen LogP contribution in [0.3, 0.4) is 0 Å². The van der Waals surface area contributed by atoms with Gasteiger partial charge in [0.25, 0.3) is 5.56 Å². The van der Waals surface area contributed by atoms with Crippen molar-refractivity contribution < 1.29 is 9.42 Å². The lowest BCUT2D eigenvalue weighted by Gasteiger charge is -2.23. The van der Waals surface area contributed by atoms with Gasteiger partial charge >= 0.3 is 0 Å². The van der Waals surface area contributed by atoms with Gasteiger partial charge in [-0.2, -0.15) is 0 Å². The van der Waals surface area contributed by atoms with E-state index in [1.54, 1.807) is 6.92 Å². The molecule has 1 fully saturated rings. The average molecular weight is 370 g/mol. The van der Waals surface area contributed by atoms with Crippen LogP contribution in [0.1, 0.15) is 54.1 Å². The Kier molecular flexibility index (Phi) is 4.29. The highest BCUT2D eigenvalue weighted by molar-refractivity contribution is 5.79. The van der Waals surface area contributed by atoms with Gasteiger partial charge in [0, 0.05) is 23.9 Å². The summed E-state index contributed by atoms with van der Waals surface area (Å²) in [6.45, 7) is 6.24. The van der Waals surface area contributed by atoms with Gasteiger partial charge in [0.15, 0.2) is 5.65 Å². The maximum absolute atomic E-state index is 12.8. The van der Waals surface area contributed by atoms with E-state index in [0.717, 1.165) is 24.2 Å². The molecule has 1 saturated heterocycles. The Bertz CT molecular complexity index is 1060. The molecule has 27 heavy (non-hydrogen) atoms. The maximum Gasteiger partial charge on any atom is 0.276 e. The number of likely N-dealkylation sites (tertiary alicyclic amines) is 1. The van der Waals surface area contributed by atoms with Crippen molar-refractivity contribution in [3.05, 3.63) is 44.8 Å². The number of hydrogen-bond acceptors (Lipinski definition) is 6. The topological polar surface area (TPSA) is 109 Å². The first-order valence-electron chi connectivity index (χ1n) is 9.18. The smallest absolute Gasteiger partial charge is 0.276 e. The molecule has 1 amide bonds. The normalized spacial score (nSPS) is 17.1. The van der Waals surface area contributed by atoms with Crippen molar-refractivity contribution in [3.63, 3.8) is 0 Å². The predicted molar refractivity (Wildman–Crippen MR) is 96.4 cm³/mol. The molecule has 9 nitrogen and oxygen atoms in total. The van der Waals surface area contributed by atoms with E-state index in [0.29, 0.717) is 35.6 Å². The molecule has 0 bridgehead atoms. The zero-order valence-electron chi connectivity index (χ0n) is 15.7. The second-order valence-corrected chi connectivity index (χ2v) is 6.96. The molecule has 3 aromatic heterocycles. The summed E-state index contributed by atoms with van der Waals surface area (Å²) in [7, 11) is 0. The van der Waals surface area contributed by atoms with Crippen LogP contribution in [-0.4, -0.2) is 42.3 Å². The maximum atomic E-state index is 12.8. The van der Waals surface area contributed by atoms with Crippen molar-refractivity contribution in [2.24, 2.45) is 0 Å². The third-order valence-electron chi connectivity index (χ3n) is 5.29. The van der Waals surface area contributed by atoms with Crippen LogP contribution in [0.15, 0.2) is 15.5 Å². The summed E-state index contributed by atoms with van der Waals surface area (Å²) >= 11 is 0. The Labute approximate surface area is 155 Å². The molecule has 1 aliphatic rings. The van der Waals surface area contributed by atoms with Crippen LogP contribution in [0.2, 0.25) is 0 Å². The van der Waals surface area contributed by atoms with Crippen molar-refractivity contribution in [2.45, 2.75) is 52.5 Å². The molecule has 0 saturated carbocycles. The number of amides is 1. The molecule has 1 unspecified atom stereocenters. The Balaban J connectivity index is 1.65. The number of H-pyrrole nitrogens is 1. The molecular weight excluding hydrogens is 348 g/mol. The first kappa shape index (κ1) is 17.4. The number of carbonyl (C=O) groups excluding carboxylic acids is 1. The molecule has 0 radical (unpaired) electrons. The highest BCUT2D eigenvalue weighted by Gasteiger charge is 2.32. The predicted octanol–water partition coefficient (Wildman–Crippen LogP) is 1.49. The second kappa shape index (κ2) is 6.64. The lowest BCUT2D eigenvalue weighted by atomic mass is 10.1. The molecule has 1 aliphatic heterocycles. The Morgan fingerprint density at radius 3 is 2.85 bits per heavy atom. The summed E-state index contributed by atoms with van der Waals surface area (Å²) in [5, 5.41) is 10.7. The van der Waals surface area contributed by atoms with Crippen molar-refractivity contribution in [3.8, 4) is 0 Å². The minimum absolute atomic E-state index is 0.0271. The summed E-state index contributed by atoms with van der Waals surface area (Å²) in [4.78, 5) is 31.8. The van der Waals surface area contributed by atoms with Gasteiger partial charge in [0.05, 0.1) is 18.2 Å². The van der Waals surface area contributed by atoms with Crippen molar-refractivity contribution in [2.75, 3.05) is 6.54 Å². The molecule has 4 rings (SSSR count). The van der Waals surface area contributed by atoms with Gasteiger partial charge in [-0.15, -0.1) is 0 Å². The van der Waals surface area contributed by atoms with Crippen molar-refractivity contribution in [1.29, 1.82) is 0 Å². The van der Waals surface area contributed by atoms with Crippen molar-refractivity contribution in [1.82, 2.24) is 29.8 Å². The number of nitrogens with one attached hydrogen (secondary N) is 1. The van der Waals surface area contributed by atoms with Crippen molar-refractivity contribution >= 4 is 11.6 Å². The number of aryl methyl sites for hydroxylation is 2. The van der Waals surface area contributed by atoms with Crippen LogP contribution < -0.4 is 5.56 Å². The quantitative estimate of drug-likeness (QED) is 0.745. The number of rotatable bonds is 4. The monoisotopic (exact) mass is 370 g/mol. The molecular formula is C18H22N6O3. The number of aromatic nitrogens is 5.